The van der Waals surface area contributed by atoms with Crippen molar-refractivity contribution in [3.8, 4) is 28.6 Å². The number of carbonyl (C=O) groups excluding carboxylic acids is 1. The van der Waals surface area contributed by atoms with Crippen molar-refractivity contribution >= 4 is 5.91 Å². The standard InChI is InChI=1S/C18H19N5O3/c1-11-8-14(15(26-3)10-20-11)18-21-17(9-16(19)24)22-23(18)12-4-6-13(25-2)7-5-12/h4-8,10H,9H2,1-3H3,(H2,19,24). The Bertz CT molecular complexity index is 934. The van der Waals surface area contributed by atoms with Crippen LogP contribution in [0.2, 0.25) is 0 Å². The van der Waals surface area contributed by atoms with Crippen molar-refractivity contribution in [1.29, 1.82) is 0 Å². The molecule has 2 aromatic heterocycles. The predicted molar refractivity (Wildman–Crippen MR) is 95.3 cm³/mol. The molecule has 0 saturated carbocycles. The van der Waals surface area contributed by atoms with Gasteiger partial charge in [-0.3, -0.25) is 9.78 Å². The molecule has 134 valence electrons. The second-order valence-electron chi connectivity index (χ2n) is 5.63. The number of ether oxygens (including phenoxy) is 2. The zero-order valence-corrected chi connectivity index (χ0v) is 14.8. The lowest BCUT2D eigenvalue weighted by Gasteiger charge is -2.10. The maximum absolute atomic E-state index is 11.3. The Morgan fingerprint density at radius 3 is 2.54 bits per heavy atom. The van der Waals surface area contributed by atoms with Crippen LogP contribution in [0.1, 0.15) is 11.5 Å². The van der Waals surface area contributed by atoms with Gasteiger partial charge in [0.25, 0.3) is 0 Å². The van der Waals surface area contributed by atoms with E-state index in [1.165, 1.54) is 0 Å². The summed E-state index contributed by atoms with van der Waals surface area (Å²) in [6.45, 7) is 1.88. The van der Waals surface area contributed by atoms with E-state index in [2.05, 4.69) is 15.1 Å². The van der Waals surface area contributed by atoms with Crippen molar-refractivity contribution in [2.45, 2.75) is 13.3 Å². The Balaban J connectivity index is 2.18. The summed E-state index contributed by atoms with van der Waals surface area (Å²) in [5.74, 6) is 1.66. The van der Waals surface area contributed by atoms with Crippen LogP contribution in [0.3, 0.4) is 0 Å². The van der Waals surface area contributed by atoms with E-state index in [4.69, 9.17) is 15.2 Å². The van der Waals surface area contributed by atoms with Crippen molar-refractivity contribution in [2.75, 3.05) is 14.2 Å². The van der Waals surface area contributed by atoms with Gasteiger partial charge < -0.3 is 15.2 Å². The molecule has 0 radical (unpaired) electrons. The molecule has 8 heteroatoms. The topological polar surface area (TPSA) is 105 Å². The summed E-state index contributed by atoms with van der Waals surface area (Å²) in [7, 11) is 3.17. The van der Waals surface area contributed by atoms with Crippen LogP contribution in [0.5, 0.6) is 11.5 Å². The summed E-state index contributed by atoms with van der Waals surface area (Å²) in [5.41, 5.74) is 7.59. The summed E-state index contributed by atoms with van der Waals surface area (Å²) in [6, 6.07) is 9.21. The number of nitrogens with two attached hydrogens (primary N) is 1. The quantitative estimate of drug-likeness (QED) is 0.723. The van der Waals surface area contributed by atoms with Crippen molar-refractivity contribution < 1.29 is 14.3 Å². The molecule has 0 saturated heterocycles. The number of amides is 1. The largest absolute Gasteiger partial charge is 0.497 e. The average molecular weight is 353 g/mol. The summed E-state index contributed by atoms with van der Waals surface area (Å²) in [6.07, 6.45) is 1.58. The maximum Gasteiger partial charge on any atom is 0.225 e. The zero-order chi connectivity index (χ0) is 18.7. The molecule has 1 aromatic carbocycles. The van der Waals surface area contributed by atoms with Gasteiger partial charge >= 0.3 is 0 Å². The highest BCUT2D eigenvalue weighted by Crippen LogP contribution is 2.30. The lowest BCUT2D eigenvalue weighted by Crippen LogP contribution is -2.14. The number of methoxy groups -OCH3 is 2. The fraction of sp³-hybridized carbons (Fsp3) is 0.222. The first-order valence-electron chi connectivity index (χ1n) is 7.91. The van der Waals surface area contributed by atoms with Crippen LogP contribution in [-0.4, -0.2) is 39.9 Å². The molecule has 0 atom stereocenters. The Morgan fingerprint density at radius 1 is 1.19 bits per heavy atom. The van der Waals surface area contributed by atoms with Crippen LogP contribution >= 0.6 is 0 Å². The molecule has 26 heavy (non-hydrogen) atoms. The number of aromatic nitrogens is 4. The first-order chi connectivity index (χ1) is 12.5. The number of carbonyl (C=O) groups is 1. The molecular weight excluding hydrogens is 334 g/mol. The minimum Gasteiger partial charge on any atom is -0.497 e. The molecule has 3 rings (SSSR count). The lowest BCUT2D eigenvalue weighted by molar-refractivity contribution is -0.117. The predicted octanol–water partition coefficient (Wildman–Crippen LogP) is 1.68. The molecule has 0 unspecified atom stereocenters. The molecular formula is C18H19N5O3. The fourth-order valence-corrected chi connectivity index (χ4v) is 2.55. The fourth-order valence-electron chi connectivity index (χ4n) is 2.55. The van der Waals surface area contributed by atoms with Crippen molar-refractivity contribution in [3.63, 3.8) is 0 Å². The van der Waals surface area contributed by atoms with E-state index in [0.29, 0.717) is 17.4 Å². The summed E-state index contributed by atoms with van der Waals surface area (Å²) >= 11 is 0. The van der Waals surface area contributed by atoms with E-state index in [9.17, 15) is 4.79 Å². The van der Waals surface area contributed by atoms with Crippen molar-refractivity contribution in [3.05, 3.63) is 48.0 Å². The molecule has 0 fully saturated rings. The number of rotatable bonds is 6. The van der Waals surface area contributed by atoms with Gasteiger partial charge in [0.05, 0.1) is 38.1 Å². The minimum atomic E-state index is -0.499. The van der Waals surface area contributed by atoms with Crippen LogP contribution in [0.4, 0.5) is 0 Å². The van der Waals surface area contributed by atoms with E-state index in [1.807, 2.05) is 37.3 Å². The van der Waals surface area contributed by atoms with Gasteiger partial charge in [0.15, 0.2) is 11.6 Å². The monoisotopic (exact) mass is 353 g/mol. The third kappa shape index (κ3) is 3.49. The van der Waals surface area contributed by atoms with Crippen LogP contribution in [0, 0.1) is 6.92 Å². The summed E-state index contributed by atoms with van der Waals surface area (Å²) in [4.78, 5) is 20.0. The number of nitrogens with zero attached hydrogens (tertiary/aromatic N) is 4. The Labute approximate surface area is 150 Å². The van der Waals surface area contributed by atoms with E-state index < -0.39 is 5.91 Å². The van der Waals surface area contributed by atoms with Gasteiger partial charge in [-0.15, -0.1) is 0 Å². The highest BCUT2D eigenvalue weighted by Gasteiger charge is 2.19. The van der Waals surface area contributed by atoms with Gasteiger partial charge in [0.2, 0.25) is 5.91 Å². The second kappa shape index (κ2) is 7.22. The van der Waals surface area contributed by atoms with Gasteiger partial charge in [-0.1, -0.05) is 0 Å². The molecule has 0 aliphatic carbocycles. The zero-order valence-electron chi connectivity index (χ0n) is 14.8. The third-order valence-electron chi connectivity index (χ3n) is 3.77. The molecule has 3 aromatic rings. The van der Waals surface area contributed by atoms with Crippen LogP contribution < -0.4 is 15.2 Å². The van der Waals surface area contributed by atoms with E-state index in [1.54, 1.807) is 25.1 Å². The lowest BCUT2D eigenvalue weighted by atomic mass is 10.2. The molecule has 0 spiro atoms. The Hall–Kier alpha value is -3.42. The van der Waals surface area contributed by atoms with Crippen molar-refractivity contribution in [1.82, 2.24) is 19.7 Å². The van der Waals surface area contributed by atoms with Gasteiger partial charge in [0.1, 0.15) is 11.5 Å². The first kappa shape index (κ1) is 17.4. The third-order valence-corrected chi connectivity index (χ3v) is 3.77. The van der Waals surface area contributed by atoms with E-state index >= 15 is 0 Å². The molecule has 0 bridgehead atoms. The number of pyridine rings is 1. The SMILES string of the molecule is COc1ccc(-n2nc(CC(N)=O)nc2-c2cc(C)ncc2OC)cc1. The molecule has 1 amide bonds. The maximum atomic E-state index is 11.3. The Kier molecular flexibility index (Phi) is 4.83. The number of hydrogen-bond donors (Lipinski definition) is 1. The number of aryl methyl sites for hydroxylation is 1. The number of primary amides is 1. The highest BCUT2D eigenvalue weighted by molar-refractivity contribution is 5.76. The molecule has 0 aliphatic heterocycles. The highest BCUT2D eigenvalue weighted by atomic mass is 16.5. The molecule has 2 heterocycles. The smallest absolute Gasteiger partial charge is 0.225 e. The minimum absolute atomic E-state index is 0.0530. The van der Waals surface area contributed by atoms with Gasteiger partial charge in [-0.05, 0) is 37.3 Å². The van der Waals surface area contributed by atoms with Crippen molar-refractivity contribution in [2.24, 2.45) is 5.73 Å². The van der Waals surface area contributed by atoms with Crippen LogP contribution in [-0.2, 0) is 11.2 Å². The van der Waals surface area contributed by atoms with Crippen LogP contribution in [0.25, 0.3) is 17.1 Å². The molecule has 0 aliphatic rings. The molecule has 2 N–H and O–H groups in total. The average Bonchev–Trinajstić information content (AvgIpc) is 3.04. The number of hydrogen-bond acceptors (Lipinski definition) is 6. The number of benzene rings is 1. The van der Waals surface area contributed by atoms with E-state index in [-0.39, 0.29) is 6.42 Å². The van der Waals surface area contributed by atoms with E-state index in [0.717, 1.165) is 22.7 Å². The molecule has 8 nitrogen and oxygen atoms in total. The Morgan fingerprint density at radius 2 is 1.92 bits per heavy atom. The van der Waals surface area contributed by atoms with Crippen LogP contribution in [0.15, 0.2) is 36.5 Å². The van der Waals surface area contributed by atoms with Gasteiger partial charge in [-0.25, -0.2) is 9.67 Å². The van der Waals surface area contributed by atoms with Gasteiger partial charge in [-0.2, -0.15) is 5.10 Å². The second-order valence-corrected chi connectivity index (χ2v) is 5.63. The first-order valence-corrected chi connectivity index (χ1v) is 7.91. The summed E-state index contributed by atoms with van der Waals surface area (Å²) in [5, 5.41) is 4.45. The normalized spacial score (nSPS) is 10.6. The summed E-state index contributed by atoms with van der Waals surface area (Å²) < 4.78 is 12.3. The van der Waals surface area contributed by atoms with Gasteiger partial charge in [0, 0.05) is 5.69 Å².